The number of ketones is 1. The third kappa shape index (κ3) is 3.67. The van der Waals surface area contributed by atoms with Gasteiger partial charge in [-0.1, -0.05) is 31.2 Å². The lowest BCUT2D eigenvalue weighted by Crippen LogP contribution is -2.36. The third-order valence-electron chi connectivity index (χ3n) is 2.60. The minimum Gasteiger partial charge on any atom is -0.455 e. The molecular weight excluding hydrogens is 218 g/mol. The molecule has 0 saturated carbocycles. The van der Waals surface area contributed by atoms with E-state index in [0.717, 1.165) is 11.1 Å². The van der Waals surface area contributed by atoms with Crippen LogP contribution < -0.4 is 5.73 Å². The van der Waals surface area contributed by atoms with Crippen LogP contribution in [0.4, 0.5) is 0 Å². The molecule has 0 spiro atoms. The van der Waals surface area contributed by atoms with Gasteiger partial charge >= 0.3 is 5.97 Å². The molecule has 1 atom stereocenters. The molecule has 1 rings (SSSR count). The van der Waals surface area contributed by atoms with Crippen LogP contribution in [0.1, 0.15) is 24.5 Å². The highest BCUT2D eigenvalue weighted by molar-refractivity contribution is 6.35. The van der Waals surface area contributed by atoms with Gasteiger partial charge in [0.05, 0.1) is 6.04 Å². The van der Waals surface area contributed by atoms with Gasteiger partial charge in [0.25, 0.3) is 5.78 Å². The Hall–Kier alpha value is -1.68. The lowest BCUT2D eigenvalue weighted by molar-refractivity contribution is -0.155. The summed E-state index contributed by atoms with van der Waals surface area (Å²) >= 11 is 0. The number of carbonyl (C=O) groups excluding carboxylic acids is 2. The fourth-order valence-electron chi connectivity index (χ4n) is 1.32. The van der Waals surface area contributed by atoms with Gasteiger partial charge in [0.1, 0.15) is 6.61 Å². The molecule has 0 aliphatic heterocycles. The second kappa shape index (κ2) is 6.15. The Kier molecular flexibility index (Phi) is 4.84. The van der Waals surface area contributed by atoms with Gasteiger partial charge in [-0.2, -0.15) is 0 Å². The number of Topliss-reactive ketones (excluding diaryl/α,β-unsaturated/α-hetero) is 1. The molecule has 0 radical (unpaired) electrons. The Labute approximate surface area is 101 Å². The van der Waals surface area contributed by atoms with Gasteiger partial charge in [0.2, 0.25) is 0 Å². The number of rotatable bonds is 5. The fraction of sp³-hybridized carbons (Fsp3) is 0.385. The normalized spacial score (nSPS) is 11.9. The van der Waals surface area contributed by atoms with Crippen molar-refractivity contribution in [2.24, 2.45) is 5.73 Å². The molecule has 0 aliphatic rings. The van der Waals surface area contributed by atoms with Crippen LogP contribution in [-0.4, -0.2) is 17.8 Å². The summed E-state index contributed by atoms with van der Waals surface area (Å²) in [7, 11) is 0. The maximum atomic E-state index is 11.4. The number of nitrogens with two attached hydrogens (primary N) is 1. The van der Waals surface area contributed by atoms with Crippen molar-refractivity contribution in [1.82, 2.24) is 0 Å². The number of carbonyl (C=O) groups is 2. The van der Waals surface area contributed by atoms with E-state index in [1.807, 2.05) is 31.2 Å². The Balaban J connectivity index is 2.55. The highest BCUT2D eigenvalue weighted by Crippen LogP contribution is 2.08. The average Bonchev–Trinajstić information content (AvgIpc) is 2.35. The topological polar surface area (TPSA) is 69.4 Å². The zero-order chi connectivity index (χ0) is 12.8. The predicted octanol–water partition coefficient (Wildman–Crippen LogP) is 1.34. The summed E-state index contributed by atoms with van der Waals surface area (Å²) in [5, 5.41) is 0. The summed E-state index contributed by atoms with van der Waals surface area (Å²) in [6.07, 6.45) is 0.429. The monoisotopic (exact) mass is 235 g/mol. The molecule has 1 aromatic carbocycles. The molecule has 0 aromatic heterocycles. The van der Waals surface area contributed by atoms with E-state index in [-0.39, 0.29) is 6.61 Å². The summed E-state index contributed by atoms with van der Waals surface area (Å²) in [5.41, 5.74) is 7.37. The van der Waals surface area contributed by atoms with Crippen LogP contribution in [-0.2, 0) is 20.9 Å². The van der Waals surface area contributed by atoms with Gasteiger partial charge in [-0.05, 0) is 24.5 Å². The van der Waals surface area contributed by atoms with Crippen LogP contribution in [0.25, 0.3) is 0 Å². The van der Waals surface area contributed by atoms with Crippen LogP contribution in [0.5, 0.6) is 0 Å². The Morgan fingerprint density at radius 3 is 2.59 bits per heavy atom. The number of ether oxygens (including phenoxy) is 1. The minimum absolute atomic E-state index is 0.105. The quantitative estimate of drug-likeness (QED) is 0.617. The lowest BCUT2D eigenvalue weighted by atomic mass is 10.1. The zero-order valence-electron chi connectivity index (χ0n) is 10.1. The number of esters is 1. The van der Waals surface area contributed by atoms with Crippen LogP contribution in [0.15, 0.2) is 24.3 Å². The molecule has 92 valence electrons. The molecule has 0 saturated heterocycles. The second-order valence-corrected chi connectivity index (χ2v) is 3.88. The Bertz CT molecular complexity index is 415. The minimum atomic E-state index is -0.859. The number of aryl methyl sites for hydroxylation is 1. The molecule has 1 unspecified atom stereocenters. The SMILES string of the molecule is CCC(N)C(=O)C(=O)OCc1ccccc1C. The second-order valence-electron chi connectivity index (χ2n) is 3.88. The van der Waals surface area contributed by atoms with Crippen molar-refractivity contribution in [3.8, 4) is 0 Å². The molecule has 4 heteroatoms. The smallest absolute Gasteiger partial charge is 0.376 e. The van der Waals surface area contributed by atoms with Gasteiger partial charge in [-0.15, -0.1) is 0 Å². The van der Waals surface area contributed by atoms with Gasteiger partial charge in [0, 0.05) is 0 Å². The average molecular weight is 235 g/mol. The van der Waals surface area contributed by atoms with Gasteiger partial charge in [-0.25, -0.2) is 4.79 Å². The van der Waals surface area contributed by atoms with Crippen LogP contribution in [0.2, 0.25) is 0 Å². The molecule has 4 nitrogen and oxygen atoms in total. The molecule has 0 amide bonds. The van der Waals surface area contributed by atoms with Crippen molar-refractivity contribution in [2.75, 3.05) is 0 Å². The van der Waals surface area contributed by atoms with Crippen molar-refractivity contribution < 1.29 is 14.3 Å². The molecule has 0 bridgehead atoms. The van der Waals surface area contributed by atoms with E-state index in [1.165, 1.54) is 0 Å². The maximum Gasteiger partial charge on any atom is 0.376 e. The van der Waals surface area contributed by atoms with E-state index >= 15 is 0 Å². The van der Waals surface area contributed by atoms with Crippen molar-refractivity contribution in [2.45, 2.75) is 32.9 Å². The lowest BCUT2D eigenvalue weighted by Gasteiger charge is -2.09. The molecule has 0 fully saturated rings. The standard InChI is InChI=1S/C13H17NO3/c1-3-11(14)12(15)13(16)17-8-10-7-5-4-6-9(10)2/h4-7,11H,3,8,14H2,1-2H3. The van der Waals surface area contributed by atoms with Gasteiger partial charge in [-0.3, -0.25) is 4.79 Å². The van der Waals surface area contributed by atoms with Crippen molar-refractivity contribution in [1.29, 1.82) is 0 Å². The zero-order valence-corrected chi connectivity index (χ0v) is 10.1. The first kappa shape index (κ1) is 13.4. The van der Waals surface area contributed by atoms with Gasteiger partial charge < -0.3 is 10.5 Å². The van der Waals surface area contributed by atoms with Crippen molar-refractivity contribution in [3.63, 3.8) is 0 Å². The van der Waals surface area contributed by atoms with Crippen LogP contribution in [0.3, 0.4) is 0 Å². The third-order valence-corrected chi connectivity index (χ3v) is 2.60. The molecule has 0 heterocycles. The summed E-state index contributed by atoms with van der Waals surface area (Å²) in [6, 6.07) is 6.77. The van der Waals surface area contributed by atoms with Crippen molar-refractivity contribution >= 4 is 11.8 Å². The molecule has 0 aliphatic carbocycles. The van der Waals surface area contributed by atoms with E-state index in [2.05, 4.69) is 0 Å². The number of benzene rings is 1. The molecule has 1 aromatic rings. The first-order valence-corrected chi connectivity index (χ1v) is 5.57. The van der Waals surface area contributed by atoms with Crippen LogP contribution >= 0.6 is 0 Å². The molecular formula is C13H17NO3. The summed E-state index contributed by atoms with van der Waals surface area (Å²) < 4.78 is 4.93. The highest BCUT2D eigenvalue weighted by Gasteiger charge is 2.21. The summed E-state index contributed by atoms with van der Waals surface area (Å²) in [5.74, 6) is -1.52. The number of hydrogen-bond acceptors (Lipinski definition) is 4. The van der Waals surface area contributed by atoms with E-state index in [4.69, 9.17) is 10.5 Å². The molecule has 2 N–H and O–H groups in total. The number of hydrogen-bond donors (Lipinski definition) is 1. The van der Waals surface area contributed by atoms with E-state index in [0.29, 0.717) is 6.42 Å². The van der Waals surface area contributed by atoms with Crippen molar-refractivity contribution in [3.05, 3.63) is 35.4 Å². The predicted molar refractivity (Wildman–Crippen MR) is 64.2 cm³/mol. The van der Waals surface area contributed by atoms with Gasteiger partial charge in [0.15, 0.2) is 0 Å². The highest BCUT2D eigenvalue weighted by atomic mass is 16.5. The maximum absolute atomic E-state index is 11.4. The van der Waals surface area contributed by atoms with Crippen LogP contribution in [0, 0.1) is 6.92 Å². The van der Waals surface area contributed by atoms with E-state index < -0.39 is 17.8 Å². The molecule has 17 heavy (non-hydrogen) atoms. The largest absolute Gasteiger partial charge is 0.455 e. The van der Waals surface area contributed by atoms with E-state index in [9.17, 15) is 9.59 Å². The summed E-state index contributed by atoms with van der Waals surface area (Å²) in [6.45, 7) is 3.77. The van der Waals surface area contributed by atoms with E-state index in [1.54, 1.807) is 6.92 Å². The first-order chi connectivity index (χ1) is 8.06. The summed E-state index contributed by atoms with van der Waals surface area (Å²) in [4.78, 5) is 22.8. The Morgan fingerprint density at radius 1 is 1.35 bits per heavy atom. The Morgan fingerprint density at radius 2 is 2.00 bits per heavy atom. The fourth-order valence-corrected chi connectivity index (χ4v) is 1.32. The first-order valence-electron chi connectivity index (χ1n) is 5.57.